The summed E-state index contributed by atoms with van der Waals surface area (Å²) in [7, 11) is 1.55. The van der Waals surface area contributed by atoms with E-state index < -0.39 is 6.04 Å². The first-order valence-electron chi connectivity index (χ1n) is 7.86. The molecule has 0 aromatic heterocycles. The molecule has 0 saturated heterocycles. The Balaban J connectivity index is 2.11. The van der Waals surface area contributed by atoms with E-state index in [1.807, 2.05) is 31.2 Å². The van der Waals surface area contributed by atoms with Gasteiger partial charge in [-0.15, -0.1) is 0 Å². The fourth-order valence-corrected chi connectivity index (χ4v) is 2.62. The van der Waals surface area contributed by atoms with Gasteiger partial charge in [-0.2, -0.15) is 0 Å². The number of halogens is 1. The molecule has 132 valence electrons. The number of hydrogen-bond donors (Lipinski definition) is 2. The van der Waals surface area contributed by atoms with E-state index in [1.54, 1.807) is 25.3 Å². The fraction of sp³-hybridized carbons (Fsp3) is 0.263. The minimum absolute atomic E-state index is 0.102. The number of amides is 2. The minimum atomic E-state index is -0.407. The summed E-state index contributed by atoms with van der Waals surface area (Å²) in [6, 6.07) is 12.3. The number of carbonyl (C=O) groups excluding carboxylic acids is 2. The van der Waals surface area contributed by atoms with Crippen LogP contribution in [-0.4, -0.2) is 18.9 Å². The van der Waals surface area contributed by atoms with E-state index in [9.17, 15) is 9.59 Å². The summed E-state index contributed by atoms with van der Waals surface area (Å²) in [5.74, 6) is 0.172. The molecule has 0 heterocycles. The molecule has 25 heavy (non-hydrogen) atoms. The number of hydrogen-bond acceptors (Lipinski definition) is 3. The van der Waals surface area contributed by atoms with Crippen molar-refractivity contribution in [1.29, 1.82) is 0 Å². The molecule has 0 spiro atoms. The third-order valence-electron chi connectivity index (χ3n) is 3.70. The highest BCUT2D eigenvalue weighted by molar-refractivity contribution is 6.33. The molecule has 2 N–H and O–H groups in total. The molecule has 2 amide bonds. The number of benzene rings is 2. The Hall–Kier alpha value is -2.53. The van der Waals surface area contributed by atoms with Gasteiger partial charge in [-0.1, -0.05) is 41.4 Å². The number of carbonyl (C=O) groups is 2. The Morgan fingerprint density at radius 1 is 1.16 bits per heavy atom. The highest BCUT2D eigenvalue weighted by Crippen LogP contribution is 2.27. The van der Waals surface area contributed by atoms with Crippen LogP contribution >= 0.6 is 11.6 Å². The molecule has 0 aliphatic carbocycles. The highest BCUT2D eigenvalue weighted by Gasteiger charge is 2.18. The second kappa shape index (κ2) is 8.53. The molecular weight excluding hydrogens is 340 g/mol. The van der Waals surface area contributed by atoms with E-state index in [0.717, 1.165) is 11.1 Å². The first-order chi connectivity index (χ1) is 11.9. The van der Waals surface area contributed by atoms with Crippen molar-refractivity contribution in [1.82, 2.24) is 5.32 Å². The summed E-state index contributed by atoms with van der Waals surface area (Å²) in [4.78, 5) is 23.9. The predicted molar refractivity (Wildman–Crippen MR) is 99.0 cm³/mol. The molecule has 2 aromatic carbocycles. The van der Waals surface area contributed by atoms with Gasteiger partial charge in [0.2, 0.25) is 11.8 Å². The third kappa shape index (κ3) is 5.50. The molecule has 6 heteroatoms. The van der Waals surface area contributed by atoms with Crippen molar-refractivity contribution >= 4 is 29.1 Å². The summed E-state index contributed by atoms with van der Waals surface area (Å²) in [6.45, 7) is 3.41. The standard InChI is InChI=1S/C19H21ClN2O3/c1-12-4-6-14(7-5-12)18(21-13(2)23)11-19(24)22-17-9-8-15(25-3)10-16(17)20/h4-10,18H,11H2,1-3H3,(H,21,23)(H,22,24). The van der Waals surface area contributed by atoms with Crippen LogP contribution in [0.5, 0.6) is 5.75 Å². The molecule has 0 bridgehead atoms. The van der Waals surface area contributed by atoms with Crippen LogP contribution in [0, 0.1) is 6.92 Å². The van der Waals surface area contributed by atoms with Gasteiger partial charge in [0.15, 0.2) is 0 Å². The van der Waals surface area contributed by atoms with Gasteiger partial charge in [-0.05, 0) is 24.6 Å². The number of nitrogens with one attached hydrogen (secondary N) is 2. The molecule has 5 nitrogen and oxygen atoms in total. The normalized spacial score (nSPS) is 11.5. The van der Waals surface area contributed by atoms with Crippen molar-refractivity contribution in [3.8, 4) is 5.75 Å². The van der Waals surface area contributed by atoms with Gasteiger partial charge in [0, 0.05) is 13.0 Å². The average Bonchev–Trinajstić information content (AvgIpc) is 2.56. The van der Waals surface area contributed by atoms with E-state index in [0.29, 0.717) is 16.5 Å². The van der Waals surface area contributed by atoms with Crippen molar-refractivity contribution in [3.63, 3.8) is 0 Å². The van der Waals surface area contributed by atoms with Crippen LogP contribution in [0.25, 0.3) is 0 Å². The largest absolute Gasteiger partial charge is 0.497 e. The zero-order chi connectivity index (χ0) is 18.4. The van der Waals surface area contributed by atoms with Crippen LogP contribution in [0.1, 0.15) is 30.5 Å². The van der Waals surface area contributed by atoms with Crippen LogP contribution in [0.4, 0.5) is 5.69 Å². The lowest BCUT2D eigenvalue weighted by Gasteiger charge is -2.18. The van der Waals surface area contributed by atoms with Gasteiger partial charge in [-0.25, -0.2) is 0 Å². The molecule has 2 rings (SSSR count). The second-order valence-electron chi connectivity index (χ2n) is 5.76. The van der Waals surface area contributed by atoms with Crippen molar-refractivity contribution in [2.75, 3.05) is 12.4 Å². The number of anilines is 1. The monoisotopic (exact) mass is 360 g/mol. The van der Waals surface area contributed by atoms with E-state index in [4.69, 9.17) is 16.3 Å². The first kappa shape index (κ1) is 18.8. The second-order valence-corrected chi connectivity index (χ2v) is 6.17. The average molecular weight is 361 g/mol. The molecular formula is C19H21ClN2O3. The Kier molecular flexibility index (Phi) is 6.42. The zero-order valence-corrected chi connectivity index (χ0v) is 15.2. The number of ether oxygens (including phenoxy) is 1. The highest BCUT2D eigenvalue weighted by atomic mass is 35.5. The van der Waals surface area contributed by atoms with Crippen molar-refractivity contribution in [2.45, 2.75) is 26.3 Å². The maximum absolute atomic E-state index is 12.4. The van der Waals surface area contributed by atoms with Crippen molar-refractivity contribution in [2.24, 2.45) is 0 Å². The number of rotatable bonds is 6. The Labute approximate surface area is 152 Å². The predicted octanol–water partition coefficient (Wildman–Crippen LogP) is 3.86. The lowest BCUT2D eigenvalue weighted by Crippen LogP contribution is -2.29. The summed E-state index contributed by atoms with van der Waals surface area (Å²) in [5.41, 5.74) is 2.48. The minimum Gasteiger partial charge on any atom is -0.497 e. The van der Waals surface area contributed by atoms with Crippen LogP contribution in [0.3, 0.4) is 0 Å². The van der Waals surface area contributed by atoms with Crippen molar-refractivity contribution in [3.05, 3.63) is 58.6 Å². The summed E-state index contributed by atoms with van der Waals surface area (Å²) < 4.78 is 5.09. The maximum Gasteiger partial charge on any atom is 0.226 e. The molecule has 1 atom stereocenters. The fourth-order valence-electron chi connectivity index (χ4n) is 2.41. The lowest BCUT2D eigenvalue weighted by molar-refractivity contribution is -0.120. The van der Waals surface area contributed by atoms with Gasteiger partial charge in [-0.3, -0.25) is 9.59 Å². The van der Waals surface area contributed by atoms with Gasteiger partial charge in [0.1, 0.15) is 5.75 Å². The van der Waals surface area contributed by atoms with E-state index in [2.05, 4.69) is 10.6 Å². The van der Waals surface area contributed by atoms with Gasteiger partial charge >= 0.3 is 0 Å². The molecule has 0 fully saturated rings. The SMILES string of the molecule is COc1ccc(NC(=O)CC(NC(C)=O)c2ccc(C)cc2)c(Cl)c1. The molecule has 1 unspecified atom stereocenters. The van der Waals surface area contributed by atoms with Crippen LogP contribution < -0.4 is 15.4 Å². The molecule has 0 saturated carbocycles. The molecule has 0 aliphatic heterocycles. The van der Waals surface area contributed by atoms with Gasteiger partial charge in [0.25, 0.3) is 0 Å². The summed E-state index contributed by atoms with van der Waals surface area (Å²) in [6.07, 6.45) is 0.102. The van der Waals surface area contributed by atoms with E-state index >= 15 is 0 Å². The van der Waals surface area contributed by atoms with Crippen LogP contribution in [0.2, 0.25) is 5.02 Å². The quantitative estimate of drug-likeness (QED) is 0.821. The number of methoxy groups -OCH3 is 1. The molecule has 0 aliphatic rings. The molecule has 0 radical (unpaired) electrons. The zero-order valence-electron chi connectivity index (χ0n) is 14.4. The third-order valence-corrected chi connectivity index (χ3v) is 4.01. The Morgan fingerprint density at radius 2 is 1.84 bits per heavy atom. The molecule has 2 aromatic rings. The number of aryl methyl sites for hydroxylation is 1. The smallest absolute Gasteiger partial charge is 0.226 e. The van der Waals surface area contributed by atoms with Crippen LogP contribution in [-0.2, 0) is 9.59 Å². The van der Waals surface area contributed by atoms with Gasteiger partial charge in [0.05, 0.1) is 30.3 Å². The Bertz CT molecular complexity index is 760. The van der Waals surface area contributed by atoms with Gasteiger partial charge < -0.3 is 15.4 Å². The first-order valence-corrected chi connectivity index (χ1v) is 8.24. The van der Waals surface area contributed by atoms with E-state index in [-0.39, 0.29) is 18.2 Å². The van der Waals surface area contributed by atoms with Crippen molar-refractivity contribution < 1.29 is 14.3 Å². The summed E-state index contributed by atoms with van der Waals surface area (Å²) >= 11 is 6.14. The van der Waals surface area contributed by atoms with Crippen LogP contribution in [0.15, 0.2) is 42.5 Å². The Morgan fingerprint density at radius 3 is 2.40 bits per heavy atom. The lowest BCUT2D eigenvalue weighted by atomic mass is 10.0. The topological polar surface area (TPSA) is 67.4 Å². The summed E-state index contributed by atoms with van der Waals surface area (Å²) in [5, 5.41) is 5.97. The van der Waals surface area contributed by atoms with E-state index in [1.165, 1.54) is 6.92 Å². The maximum atomic E-state index is 12.4.